The number of rotatable bonds is 5. The van der Waals surface area contributed by atoms with Gasteiger partial charge in [0.15, 0.2) is 0 Å². The van der Waals surface area contributed by atoms with Crippen LogP contribution in [0.5, 0.6) is 0 Å². The van der Waals surface area contributed by atoms with Crippen molar-refractivity contribution in [3.05, 3.63) is 69.7 Å². The van der Waals surface area contributed by atoms with E-state index in [9.17, 15) is 8.78 Å². The van der Waals surface area contributed by atoms with Gasteiger partial charge in [0.2, 0.25) is 0 Å². The highest BCUT2D eigenvalue weighted by Crippen LogP contribution is 2.28. The molecular formula is C16H16BrF2N. The average Bonchev–Trinajstić information content (AvgIpc) is 2.44. The van der Waals surface area contributed by atoms with Crippen LogP contribution in [0, 0.1) is 11.6 Å². The molecule has 0 saturated carbocycles. The van der Waals surface area contributed by atoms with Crippen LogP contribution in [0.4, 0.5) is 8.78 Å². The molecule has 0 aromatic heterocycles. The Balaban J connectivity index is 2.44. The second kappa shape index (κ2) is 6.95. The molecule has 0 aliphatic rings. The van der Waals surface area contributed by atoms with E-state index in [1.807, 2.05) is 6.92 Å². The zero-order valence-corrected chi connectivity index (χ0v) is 12.8. The Labute approximate surface area is 126 Å². The first kappa shape index (κ1) is 15.1. The average molecular weight is 340 g/mol. The van der Waals surface area contributed by atoms with Crippen LogP contribution in [-0.2, 0) is 0 Å². The maximum Gasteiger partial charge on any atom is 0.142 e. The molecule has 2 aromatic rings. The van der Waals surface area contributed by atoms with Crippen molar-refractivity contribution in [1.82, 2.24) is 5.32 Å². The third-order valence-electron chi connectivity index (χ3n) is 3.07. The molecule has 0 spiro atoms. The number of benzene rings is 2. The van der Waals surface area contributed by atoms with Crippen molar-refractivity contribution in [2.75, 3.05) is 6.54 Å². The van der Waals surface area contributed by atoms with Gasteiger partial charge in [-0.1, -0.05) is 31.2 Å². The summed E-state index contributed by atoms with van der Waals surface area (Å²) in [4.78, 5) is 0. The van der Waals surface area contributed by atoms with Crippen LogP contribution < -0.4 is 5.32 Å². The fourth-order valence-corrected chi connectivity index (χ4v) is 2.51. The molecule has 2 rings (SSSR count). The van der Waals surface area contributed by atoms with Gasteiger partial charge in [0.25, 0.3) is 0 Å². The van der Waals surface area contributed by atoms with E-state index in [2.05, 4.69) is 21.2 Å². The Bertz CT molecular complexity index is 586. The summed E-state index contributed by atoms with van der Waals surface area (Å²) < 4.78 is 28.1. The lowest BCUT2D eigenvalue weighted by Crippen LogP contribution is -2.24. The van der Waals surface area contributed by atoms with Crippen molar-refractivity contribution in [2.24, 2.45) is 0 Å². The Morgan fingerprint density at radius 3 is 2.60 bits per heavy atom. The highest BCUT2D eigenvalue weighted by atomic mass is 79.9. The molecule has 20 heavy (non-hydrogen) atoms. The predicted octanol–water partition coefficient (Wildman–Crippen LogP) is 4.82. The summed E-state index contributed by atoms with van der Waals surface area (Å²) >= 11 is 3.19. The van der Waals surface area contributed by atoms with Crippen LogP contribution in [0.25, 0.3) is 0 Å². The minimum Gasteiger partial charge on any atom is -0.306 e. The van der Waals surface area contributed by atoms with Gasteiger partial charge in [-0.3, -0.25) is 0 Å². The molecule has 2 aromatic carbocycles. The van der Waals surface area contributed by atoms with Crippen molar-refractivity contribution in [3.8, 4) is 0 Å². The standard InChI is InChI=1S/C16H16BrF2N/c1-2-9-20-16(11-5-3-6-12(18)10-11)13-7-4-8-14(17)15(13)19/h3-8,10,16,20H,2,9H2,1H3. The predicted molar refractivity (Wildman–Crippen MR) is 80.6 cm³/mol. The summed E-state index contributed by atoms with van der Waals surface area (Å²) in [6.45, 7) is 2.76. The molecule has 0 aliphatic heterocycles. The molecule has 1 nitrogen and oxygen atoms in total. The summed E-state index contributed by atoms with van der Waals surface area (Å²) in [6, 6.07) is 11.1. The molecule has 0 aliphatic carbocycles. The molecule has 1 atom stereocenters. The maximum absolute atomic E-state index is 14.3. The molecule has 4 heteroatoms. The highest BCUT2D eigenvalue weighted by Gasteiger charge is 2.19. The fraction of sp³-hybridized carbons (Fsp3) is 0.250. The van der Waals surface area contributed by atoms with Gasteiger partial charge in [0, 0.05) is 5.56 Å². The van der Waals surface area contributed by atoms with Gasteiger partial charge < -0.3 is 5.32 Å². The lowest BCUT2D eigenvalue weighted by Gasteiger charge is -2.20. The minimum atomic E-state index is -0.358. The first-order valence-corrected chi connectivity index (χ1v) is 7.35. The van der Waals surface area contributed by atoms with Crippen molar-refractivity contribution >= 4 is 15.9 Å². The molecule has 0 amide bonds. The first-order chi connectivity index (χ1) is 9.63. The summed E-state index contributed by atoms with van der Waals surface area (Å²) in [7, 11) is 0. The van der Waals surface area contributed by atoms with E-state index in [-0.39, 0.29) is 17.7 Å². The largest absolute Gasteiger partial charge is 0.306 e. The molecule has 0 bridgehead atoms. The second-order valence-electron chi connectivity index (χ2n) is 4.59. The molecular weight excluding hydrogens is 324 g/mol. The number of halogens is 3. The third-order valence-corrected chi connectivity index (χ3v) is 3.69. The molecule has 0 heterocycles. The molecule has 1 unspecified atom stereocenters. The van der Waals surface area contributed by atoms with Gasteiger partial charge in [-0.15, -0.1) is 0 Å². The van der Waals surface area contributed by atoms with Gasteiger partial charge in [-0.25, -0.2) is 8.78 Å². The molecule has 0 fully saturated rings. The van der Waals surface area contributed by atoms with Crippen LogP contribution in [-0.4, -0.2) is 6.54 Å². The normalized spacial score (nSPS) is 12.4. The summed E-state index contributed by atoms with van der Waals surface area (Å²) in [6.07, 6.45) is 0.918. The van der Waals surface area contributed by atoms with Crippen molar-refractivity contribution in [2.45, 2.75) is 19.4 Å². The van der Waals surface area contributed by atoms with E-state index in [0.717, 1.165) is 18.5 Å². The van der Waals surface area contributed by atoms with Gasteiger partial charge >= 0.3 is 0 Å². The Kier molecular flexibility index (Phi) is 5.26. The van der Waals surface area contributed by atoms with E-state index in [0.29, 0.717) is 10.0 Å². The second-order valence-corrected chi connectivity index (χ2v) is 5.44. The van der Waals surface area contributed by atoms with E-state index in [4.69, 9.17) is 0 Å². The van der Waals surface area contributed by atoms with E-state index >= 15 is 0 Å². The van der Waals surface area contributed by atoms with Crippen LogP contribution in [0.1, 0.15) is 30.5 Å². The third kappa shape index (κ3) is 3.44. The molecule has 0 radical (unpaired) electrons. The van der Waals surface area contributed by atoms with Gasteiger partial charge in [-0.05, 0) is 52.7 Å². The topological polar surface area (TPSA) is 12.0 Å². The smallest absolute Gasteiger partial charge is 0.142 e. The molecule has 1 N–H and O–H groups in total. The van der Waals surface area contributed by atoms with Crippen LogP contribution in [0.2, 0.25) is 0 Å². The van der Waals surface area contributed by atoms with Crippen molar-refractivity contribution in [1.29, 1.82) is 0 Å². The van der Waals surface area contributed by atoms with Crippen LogP contribution >= 0.6 is 15.9 Å². The summed E-state index contributed by atoms with van der Waals surface area (Å²) in [5, 5.41) is 3.27. The number of nitrogens with one attached hydrogen (secondary N) is 1. The van der Waals surface area contributed by atoms with Crippen LogP contribution in [0.15, 0.2) is 46.9 Å². The van der Waals surface area contributed by atoms with Crippen LogP contribution in [0.3, 0.4) is 0 Å². The van der Waals surface area contributed by atoms with Gasteiger partial charge in [0.05, 0.1) is 10.5 Å². The zero-order valence-electron chi connectivity index (χ0n) is 11.2. The summed E-state index contributed by atoms with van der Waals surface area (Å²) in [5.74, 6) is -0.633. The van der Waals surface area contributed by atoms with Crippen molar-refractivity contribution in [3.63, 3.8) is 0 Å². The summed E-state index contributed by atoms with van der Waals surface area (Å²) in [5.41, 5.74) is 1.23. The lowest BCUT2D eigenvalue weighted by atomic mass is 9.98. The Morgan fingerprint density at radius 1 is 1.15 bits per heavy atom. The molecule has 106 valence electrons. The Hall–Kier alpha value is -1.26. The number of hydrogen-bond acceptors (Lipinski definition) is 1. The van der Waals surface area contributed by atoms with Gasteiger partial charge in [0.1, 0.15) is 11.6 Å². The zero-order chi connectivity index (χ0) is 14.5. The molecule has 0 saturated heterocycles. The quantitative estimate of drug-likeness (QED) is 0.823. The number of hydrogen-bond donors (Lipinski definition) is 1. The fourth-order valence-electron chi connectivity index (χ4n) is 2.13. The van der Waals surface area contributed by atoms with E-state index < -0.39 is 0 Å². The highest BCUT2D eigenvalue weighted by molar-refractivity contribution is 9.10. The van der Waals surface area contributed by atoms with E-state index in [1.54, 1.807) is 30.3 Å². The SMILES string of the molecule is CCCNC(c1cccc(F)c1)c1cccc(Br)c1F. The monoisotopic (exact) mass is 339 g/mol. The minimum absolute atomic E-state index is 0.314. The lowest BCUT2D eigenvalue weighted by molar-refractivity contribution is 0.539. The maximum atomic E-state index is 14.3. The van der Waals surface area contributed by atoms with E-state index in [1.165, 1.54) is 12.1 Å². The van der Waals surface area contributed by atoms with Gasteiger partial charge in [-0.2, -0.15) is 0 Å². The first-order valence-electron chi connectivity index (χ1n) is 6.56. The van der Waals surface area contributed by atoms with Crippen molar-refractivity contribution < 1.29 is 8.78 Å². The Morgan fingerprint density at radius 2 is 1.90 bits per heavy atom.